The van der Waals surface area contributed by atoms with Crippen LogP contribution in [0.5, 0.6) is 5.75 Å². The Hall–Kier alpha value is -2.29. The average Bonchev–Trinajstić information content (AvgIpc) is 3.39. The summed E-state index contributed by atoms with van der Waals surface area (Å²) in [6.07, 6.45) is 3.54. The number of amides is 3. The molecule has 0 bridgehead atoms. The van der Waals surface area contributed by atoms with Gasteiger partial charge in [-0.1, -0.05) is 39.7 Å². The van der Waals surface area contributed by atoms with E-state index in [1.165, 1.54) is 0 Å². The van der Waals surface area contributed by atoms with Gasteiger partial charge in [0.2, 0.25) is 5.91 Å². The molecule has 2 aliphatic heterocycles. The summed E-state index contributed by atoms with van der Waals surface area (Å²) in [6, 6.07) is 12.8. The van der Waals surface area contributed by atoms with E-state index in [-0.39, 0.29) is 17.4 Å². The lowest BCUT2D eigenvalue weighted by Crippen LogP contribution is -2.40. The predicted molar refractivity (Wildman–Crippen MR) is 128 cm³/mol. The van der Waals surface area contributed by atoms with E-state index in [0.717, 1.165) is 39.5 Å². The topological polar surface area (TPSA) is 66.9 Å². The zero-order chi connectivity index (χ0) is 22.7. The molecule has 0 radical (unpaired) electrons. The lowest BCUT2D eigenvalue weighted by molar-refractivity contribution is -0.135. The van der Waals surface area contributed by atoms with Gasteiger partial charge >= 0.3 is 0 Å². The van der Waals surface area contributed by atoms with E-state index in [9.17, 15) is 14.4 Å². The SMILES string of the molecule is O=C(CN1C(=O)S/C(=C/c2cc(Br)ccc2OCc2ccc(Cl)cc2)C1=O)N1CCCC1. The summed E-state index contributed by atoms with van der Waals surface area (Å²) in [4.78, 5) is 40.7. The number of carbonyl (C=O) groups excluding carboxylic acids is 3. The minimum atomic E-state index is -0.462. The first-order chi connectivity index (χ1) is 15.4. The third-order valence-corrected chi connectivity index (χ3v) is 6.84. The first-order valence-electron chi connectivity index (χ1n) is 10.1. The van der Waals surface area contributed by atoms with Crippen LogP contribution < -0.4 is 4.74 Å². The number of likely N-dealkylation sites (tertiary alicyclic amines) is 1. The number of halogens is 2. The van der Waals surface area contributed by atoms with Crippen LogP contribution in [0.2, 0.25) is 5.02 Å². The van der Waals surface area contributed by atoms with Crippen LogP contribution in [-0.2, 0) is 16.2 Å². The lowest BCUT2D eigenvalue weighted by atomic mass is 10.1. The minimum absolute atomic E-state index is 0.194. The van der Waals surface area contributed by atoms with Crippen LogP contribution in [0.15, 0.2) is 51.8 Å². The number of thioether (sulfide) groups is 1. The van der Waals surface area contributed by atoms with Gasteiger partial charge in [-0.15, -0.1) is 0 Å². The molecule has 2 heterocycles. The van der Waals surface area contributed by atoms with E-state index in [1.807, 2.05) is 24.3 Å². The van der Waals surface area contributed by atoms with Crippen LogP contribution in [0.1, 0.15) is 24.0 Å². The van der Waals surface area contributed by atoms with E-state index in [1.54, 1.807) is 29.2 Å². The van der Waals surface area contributed by atoms with Crippen molar-refractivity contribution in [3.8, 4) is 5.75 Å². The van der Waals surface area contributed by atoms with Crippen molar-refractivity contribution in [1.29, 1.82) is 0 Å². The van der Waals surface area contributed by atoms with Crippen LogP contribution in [0.25, 0.3) is 6.08 Å². The molecule has 9 heteroatoms. The van der Waals surface area contributed by atoms with Gasteiger partial charge in [-0.25, -0.2) is 0 Å². The number of hydrogen-bond donors (Lipinski definition) is 0. The van der Waals surface area contributed by atoms with Gasteiger partial charge in [-0.3, -0.25) is 19.3 Å². The van der Waals surface area contributed by atoms with Crippen LogP contribution in [0, 0.1) is 0 Å². The highest BCUT2D eigenvalue weighted by molar-refractivity contribution is 9.10. The summed E-state index contributed by atoms with van der Waals surface area (Å²) in [7, 11) is 0. The monoisotopic (exact) mass is 534 g/mol. The normalized spacial score (nSPS) is 17.5. The summed E-state index contributed by atoms with van der Waals surface area (Å²) < 4.78 is 6.77. The van der Waals surface area contributed by atoms with Crippen LogP contribution >= 0.6 is 39.3 Å². The molecule has 2 saturated heterocycles. The molecule has 0 unspecified atom stereocenters. The first-order valence-corrected chi connectivity index (χ1v) is 12.1. The second-order valence-electron chi connectivity index (χ2n) is 7.45. The van der Waals surface area contributed by atoms with Crippen LogP contribution in [0.4, 0.5) is 4.79 Å². The van der Waals surface area contributed by atoms with Gasteiger partial charge in [0.15, 0.2) is 0 Å². The second kappa shape index (κ2) is 10.1. The third kappa shape index (κ3) is 5.36. The Bertz CT molecular complexity index is 1080. The predicted octanol–water partition coefficient (Wildman–Crippen LogP) is 5.34. The number of carbonyl (C=O) groups is 3. The van der Waals surface area contributed by atoms with Gasteiger partial charge in [0, 0.05) is 28.1 Å². The molecule has 0 aromatic heterocycles. The summed E-state index contributed by atoms with van der Waals surface area (Å²) in [5.41, 5.74) is 1.61. The van der Waals surface area contributed by atoms with Gasteiger partial charge < -0.3 is 9.64 Å². The Balaban J connectivity index is 1.50. The van der Waals surface area contributed by atoms with E-state index in [4.69, 9.17) is 16.3 Å². The quantitative estimate of drug-likeness (QED) is 0.467. The zero-order valence-corrected chi connectivity index (χ0v) is 20.2. The van der Waals surface area contributed by atoms with Gasteiger partial charge in [-0.05, 0) is 66.6 Å². The fourth-order valence-corrected chi connectivity index (χ4v) is 4.82. The molecular weight excluding hydrogens is 516 g/mol. The second-order valence-corrected chi connectivity index (χ2v) is 9.80. The third-order valence-electron chi connectivity index (χ3n) is 5.19. The van der Waals surface area contributed by atoms with E-state index in [2.05, 4.69) is 15.9 Å². The molecule has 0 saturated carbocycles. The minimum Gasteiger partial charge on any atom is -0.488 e. The zero-order valence-electron chi connectivity index (χ0n) is 17.1. The first kappa shape index (κ1) is 22.9. The molecule has 2 fully saturated rings. The molecule has 0 N–H and O–H groups in total. The molecule has 3 amide bonds. The summed E-state index contributed by atoms with van der Waals surface area (Å²) in [6.45, 7) is 1.46. The number of nitrogens with zero attached hydrogens (tertiary/aromatic N) is 2. The molecule has 32 heavy (non-hydrogen) atoms. The number of imide groups is 1. The number of ether oxygens (including phenoxy) is 1. The number of rotatable bonds is 6. The maximum Gasteiger partial charge on any atom is 0.294 e. The Labute approximate surface area is 203 Å². The smallest absolute Gasteiger partial charge is 0.294 e. The molecule has 4 rings (SSSR count). The Morgan fingerprint density at radius 3 is 2.56 bits per heavy atom. The highest BCUT2D eigenvalue weighted by Gasteiger charge is 2.37. The van der Waals surface area contributed by atoms with Crippen molar-refractivity contribution in [3.63, 3.8) is 0 Å². The fraction of sp³-hybridized carbons (Fsp3) is 0.261. The fourth-order valence-electron chi connectivity index (χ4n) is 3.48. The Morgan fingerprint density at radius 1 is 1.12 bits per heavy atom. The van der Waals surface area contributed by atoms with Gasteiger partial charge in [0.25, 0.3) is 11.1 Å². The molecule has 2 aromatic carbocycles. The van der Waals surface area contributed by atoms with Crippen LogP contribution in [0.3, 0.4) is 0 Å². The summed E-state index contributed by atoms with van der Waals surface area (Å²) in [5.74, 6) is -0.0836. The van der Waals surface area contributed by atoms with E-state index < -0.39 is 11.1 Å². The van der Waals surface area contributed by atoms with Crippen molar-refractivity contribution in [3.05, 3.63) is 68.0 Å². The maximum absolute atomic E-state index is 12.9. The van der Waals surface area contributed by atoms with E-state index >= 15 is 0 Å². The lowest BCUT2D eigenvalue weighted by Gasteiger charge is -2.18. The van der Waals surface area contributed by atoms with Crippen molar-refractivity contribution in [2.45, 2.75) is 19.4 Å². The van der Waals surface area contributed by atoms with Crippen molar-refractivity contribution in [2.75, 3.05) is 19.6 Å². The van der Waals surface area contributed by atoms with Gasteiger partial charge in [-0.2, -0.15) is 0 Å². The Kier molecular flexibility index (Phi) is 7.23. The molecular formula is C23H20BrClN2O4S. The summed E-state index contributed by atoms with van der Waals surface area (Å²) in [5, 5.41) is 0.212. The molecule has 0 spiro atoms. The molecule has 166 valence electrons. The Morgan fingerprint density at radius 2 is 1.84 bits per heavy atom. The van der Waals surface area contributed by atoms with E-state index in [0.29, 0.717) is 36.0 Å². The highest BCUT2D eigenvalue weighted by Crippen LogP contribution is 2.35. The van der Waals surface area contributed by atoms with Crippen LogP contribution in [-0.4, -0.2) is 46.5 Å². The van der Waals surface area contributed by atoms with Crippen molar-refractivity contribution < 1.29 is 19.1 Å². The van der Waals surface area contributed by atoms with Crippen molar-refractivity contribution in [1.82, 2.24) is 9.80 Å². The van der Waals surface area contributed by atoms with Gasteiger partial charge in [0.1, 0.15) is 18.9 Å². The largest absolute Gasteiger partial charge is 0.488 e. The molecule has 2 aromatic rings. The number of hydrogen-bond acceptors (Lipinski definition) is 5. The summed E-state index contributed by atoms with van der Waals surface area (Å²) >= 11 is 10.2. The van der Waals surface area contributed by atoms with Crippen molar-refractivity contribution >= 4 is 62.4 Å². The highest BCUT2D eigenvalue weighted by atomic mass is 79.9. The molecule has 2 aliphatic rings. The number of benzene rings is 2. The molecule has 0 atom stereocenters. The van der Waals surface area contributed by atoms with Crippen molar-refractivity contribution in [2.24, 2.45) is 0 Å². The molecule has 6 nitrogen and oxygen atoms in total. The van der Waals surface area contributed by atoms with Gasteiger partial charge in [0.05, 0.1) is 4.91 Å². The average molecular weight is 536 g/mol. The maximum atomic E-state index is 12.9. The standard InChI is InChI=1S/C23H20BrClN2O4S/c24-17-5-8-19(31-14-15-3-6-18(25)7-4-15)16(11-17)12-20-22(29)27(23(30)32-20)13-21(28)26-9-1-2-10-26/h3-8,11-12H,1-2,9-10,13-14H2/b20-12+. The molecule has 0 aliphatic carbocycles.